The summed E-state index contributed by atoms with van der Waals surface area (Å²) in [7, 11) is 0. The number of carboxylic acids is 1. The van der Waals surface area contributed by atoms with E-state index in [0.717, 1.165) is 5.69 Å². The van der Waals surface area contributed by atoms with Crippen LogP contribution in [0.5, 0.6) is 0 Å². The van der Waals surface area contributed by atoms with Gasteiger partial charge in [-0.15, -0.1) is 6.58 Å². The van der Waals surface area contributed by atoms with Gasteiger partial charge in [0.25, 0.3) is 0 Å². The molecule has 1 aliphatic heterocycles. The Bertz CT molecular complexity index is 379. The van der Waals surface area contributed by atoms with Crippen molar-refractivity contribution in [2.24, 2.45) is 10.8 Å². The molecule has 92 valence electrons. The highest BCUT2D eigenvalue weighted by Crippen LogP contribution is 2.04. The molecule has 5 N–H and O–H groups in total. The maximum absolute atomic E-state index is 10.1. The van der Waals surface area contributed by atoms with E-state index in [1.807, 2.05) is 6.07 Å². The van der Waals surface area contributed by atoms with E-state index in [1.165, 1.54) is 0 Å². The first-order chi connectivity index (χ1) is 8.15. The molecule has 1 aromatic heterocycles. The third-order valence-electron chi connectivity index (χ3n) is 2.10. The van der Waals surface area contributed by atoms with Gasteiger partial charge in [0.05, 0.1) is 11.7 Å². The second-order valence-electron chi connectivity index (χ2n) is 3.34. The zero-order valence-electron chi connectivity index (χ0n) is 9.21. The fourth-order valence-corrected chi connectivity index (χ4v) is 1.09. The van der Waals surface area contributed by atoms with E-state index in [0.29, 0.717) is 6.42 Å². The number of hydrogen-bond donors (Lipinski definition) is 4. The van der Waals surface area contributed by atoms with Crippen molar-refractivity contribution in [3.05, 3.63) is 30.6 Å². The van der Waals surface area contributed by atoms with Crippen LogP contribution in [0.3, 0.4) is 0 Å². The lowest BCUT2D eigenvalue weighted by molar-refractivity contribution is -0.139. The SMILES string of the molecule is C=CC(N)c1ccn[nH]1.O=C(O)C1CC=NN1. The summed E-state index contributed by atoms with van der Waals surface area (Å²) in [5.41, 5.74) is 8.87. The lowest BCUT2D eigenvalue weighted by atomic mass is 10.2. The molecule has 0 aromatic carbocycles. The van der Waals surface area contributed by atoms with Crippen LogP contribution >= 0.6 is 0 Å². The van der Waals surface area contributed by atoms with Gasteiger partial charge in [-0.2, -0.15) is 10.2 Å². The van der Waals surface area contributed by atoms with Gasteiger partial charge in [0.2, 0.25) is 0 Å². The summed E-state index contributed by atoms with van der Waals surface area (Å²) in [5, 5.41) is 18.3. The number of aromatic amines is 1. The van der Waals surface area contributed by atoms with Crippen molar-refractivity contribution in [1.82, 2.24) is 15.6 Å². The van der Waals surface area contributed by atoms with Gasteiger partial charge in [0.1, 0.15) is 6.04 Å². The third-order valence-corrected chi connectivity index (χ3v) is 2.10. The number of hydrogen-bond acceptors (Lipinski definition) is 5. The van der Waals surface area contributed by atoms with E-state index in [4.69, 9.17) is 10.8 Å². The molecule has 1 aliphatic rings. The van der Waals surface area contributed by atoms with Gasteiger partial charge in [-0.3, -0.25) is 10.5 Å². The van der Waals surface area contributed by atoms with Crippen molar-refractivity contribution < 1.29 is 9.90 Å². The number of rotatable bonds is 3. The van der Waals surface area contributed by atoms with E-state index in [-0.39, 0.29) is 6.04 Å². The molecule has 2 unspecified atom stereocenters. The van der Waals surface area contributed by atoms with Gasteiger partial charge in [-0.05, 0) is 6.07 Å². The summed E-state index contributed by atoms with van der Waals surface area (Å²) < 4.78 is 0. The van der Waals surface area contributed by atoms with Gasteiger partial charge < -0.3 is 10.8 Å². The molecule has 0 bridgehead atoms. The van der Waals surface area contributed by atoms with Crippen LogP contribution in [0.15, 0.2) is 30.0 Å². The highest BCUT2D eigenvalue weighted by Gasteiger charge is 2.17. The van der Waals surface area contributed by atoms with Crippen LogP contribution in [-0.4, -0.2) is 33.5 Å². The predicted octanol–water partition coefficient (Wildman–Crippen LogP) is 0.0142. The minimum Gasteiger partial charge on any atom is -0.480 e. The molecule has 17 heavy (non-hydrogen) atoms. The van der Waals surface area contributed by atoms with E-state index in [2.05, 4.69) is 27.3 Å². The molecule has 0 radical (unpaired) electrons. The standard InChI is InChI=1S/C6H9N3.C4H6N2O2/c1-2-5(7)6-3-4-8-9-6;7-4(8)3-1-2-5-6-3/h2-5H,1,7H2,(H,8,9);2-3,6H,1H2,(H,7,8). The van der Waals surface area contributed by atoms with Gasteiger partial charge in [-0.1, -0.05) is 6.08 Å². The van der Waals surface area contributed by atoms with Gasteiger partial charge in [0.15, 0.2) is 0 Å². The average Bonchev–Trinajstić information content (AvgIpc) is 3.01. The normalized spacial score (nSPS) is 18.8. The summed E-state index contributed by atoms with van der Waals surface area (Å²) >= 11 is 0. The van der Waals surface area contributed by atoms with E-state index in [9.17, 15) is 4.79 Å². The molecule has 2 heterocycles. The first-order valence-corrected chi connectivity index (χ1v) is 5.02. The molecule has 2 rings (SSSR count). The topological polar surface area (TPSA) is 116 Å². The number of carboxylic acid groups (broad SMARTS) is 1. The molecular weight excluding hydrogens is 222 g/mol. The summed E-state index contributed by atoms with van der Waals surface area (Å²) in [6.45, 7) is 3.54. The van der Waals surface area contributed by atoms with E-state index >= 15 is 0 Å². The summed E-state index contributed by atoms with van der Waals surface area (Å²) in [4.78, 5) is 10.1. The van der Waals surface area contributed by atoms with Crippen LogP contribution in [0.4, 0.5) is 0 Å². The minimum atomic E-state index is -0.845. The second kappa shape index (κ2) is 6.44. The number of nitrogens with two attached hydrogens (primary N) is 1. The first kappa shape index (κ1) is 12.9. The van der Waals surface area contributed by atoms with Crippen LogP contribution in [-0.2, 0) is 4.79 Å². The van der Waals surface area contributed by atoms with Gasteiger partial charge in [-0.25, -0.2) is 4.79 Å². The maximum Gasteiger partial charge on any atom is 0.328 e. The summed E-state index contributed by atoms with van der Waals surface area (Å²) in [6.07, 6.45) is 5.38. The van der Waals surface area contributed by atoms with Crippen LogP contribution in [0.25, 0.3) is 0 Å². The van der Waals surface area contributed by atoms with Crippen molar-refractivity contribution in [2.45, 2.75) is 18.5 Å². The Kier molecular flexibility index (Phi) is 4.89. The fraction of sp³-hybridized carbons (Fsp3) is 0.300. The van der Waals surface area contributed by atoms with Crippen molar-refractivity contribution >= 4 is 12.2 Å². The Morgan fingerprint density at radius 1 is 1.76 bits per heavy atom. The highest BCUT2D eigenvalue weighted by atomic mass is 16.4. The predicted molar refractivity (Wildman–Crippen MR) is 63.4 cm³/mol. The van der Waals surface area contributed by atoms with Crippen LogP contribution < -0.4 is 11.2 Å². The number of aliphatic carboxylic acids is 1. The van der Waals surface area contributed by atoms with Crippen molar-refractivity contribution in [2.75, 3.05) is 0 Å². The Morgan fingerprint density at radius 2 is 2.53 bits per heavy atom. The Hall–Kier alpha value is -2.15. The molecule has 0 saturated carbocycles. The molecule has 0 saturated heterocycles. The largest absolute Gasteiger partial charge is 0.480 e. The molecule has 2 atom stereocenters. The van der Waals surface area contributed by atoms with Gasteiger partial charge in [0, 0.05) is 18.8 Å². The Balaban J connectivity index is 0.000000171. The van der Waals surface area contributed by atoms with Crippen LogP contribution in [0.1, 0.15) is 18.2 Å². The fourth-order valence-electron chi connectivity index (χ4n) is 1.09. The number of hydrazone groups is 1. The molecule has 0 spiro atoms. The zero-order valence-corrected chi connectivity index (χ0v) is 9.21. The number of nitrogens with one attached hydrogen (secondary N) is 2. The number of nitrogens with zero attached hydrogens (tertiary/aromatic N) is 2. The van der Waals surface area contributed by atoms with Crippen molar-refractivity contribution in [3.63, 3.8) is 0 Å². The molecule has 0 amide bonds. The molecule has 7 heteroatoms. The van der Waals surface area contributed by atoms with Crippen LogP contribution in [0, 0.1) is 0 Å². The smallest absolute Gasteiger partial charge is 0.328 e. The van der Waals surface area contributed by atoms with Crippen molar-refractivity contribution in [3.8, 4) is 0 Å². The van der Waals surface area contributed by atoms with Crippen molar-refractivity contribution in [1.29, 1.82) is 0 Å². The molecule has 7 nitrogen and oxygen atoms in total. The second-order valence-corrected chi connectivity index (χ2v) is 3.34. The monoisotopic (exact) mass is 237 g/mol. The molecule has 0 aliphatic carbocycles. The minimum absolute atomic E-state index is 0.118. The Labute approximate surface area is 98.4 Å². The van der Waals surface area contributed by atoms with E-state index in [1.54, 1.807) is 18.5 Å². The van der Waals surface area contributed by atoms with Crippen LogP contribution in [0.2, 0.25) is 0 Å². The maximum atomic E-state index is 10.1. The number of aromatic nitrogens is 2. The third kappa shape index (κ3) is 4.07. The molecule has 0 fully saturated rings. The summed E-state index contributed by atoms with van der Waals surface area (Å²) in [5.74, 6) is -0.845. The number of H-pyrrole nitrogens is 1. The lowest BCUT2D eigenvalue weighted by Gasteiger charge is -1.99. The first-order valence-electron chi connectivity index (χ1n) is 5.02. The lowest BCUT2D eigenvalue weighted by Crippen LogP contribution is -2.28. The molecule has 1 aromatic rings. The zero-order chi connectivity index (χ0) is 12.7. The molecular formula is C10H15N5O2. The summed E-state index contributed by atoms with van der Waals surface area (Å²) in [6, 6.07) is 1.22. The average molecular weight is 237 g/mol. The Morgan fingerprint density at radius 3 is 2.88 bits per heavy atom. The van der Waals surface area contributed by atoms with Gasteiger partial charge >= 0.3 is 5.97 Å². The van der Waals surface area contributed by atoms with E-state index < -0.39 is 12.0 Å². The highest BCUT2D eigenvalue weighted by molar-refractivity contribution is 5.79. The number of carbonyl (C=O) groups is 1. The quantitative estimate of drug-likeness (QED) is 0.553.